The van der Waals surface area contributed by atoms with Crippen LogP contribution in [0.1, 0.15) is 58.8 Å². The maximum absolute atomic E-state index is 11.7. The Morgan fingerprint density at radius 3 is 1.71 bits per heavy atom. The van der Waals surface area contributed by atoms with E-state index in [4.69, 9.17) is 9.47 Å². The Labute approximate surface area is 126 Å². The Bertz CT molecular complexity index is 388. The van der Waals surface area contributed by atoms with Crippen LogP contribution in [-0.2, 0) is 19.1 Å². The molecule has 2 rings (SSSR count). The van der Waals surface area contributed by atoms with E-state index >= 15 is 0 Å². The second-order valence-corrected chi connectivity index (χ2v) is 6.68. The zero-order chi connectivity index (χ0) is 15.2. The van der Waals surface area contributed by atoms with Gasteiger partial charge >= 0.3 is 11.9 Å². The molecule has 118 valence electrons. The molecule has 0 aromatic carbocycles. The summed E-state index contributed by atoms with van der Waals surface area (Å²) < 4.78 is 10.4. The van der Waals surface area contributed by atoms with Gasteiger partial charge in [0.1, 0.15) is 12.2 Å². The Hall–Kier alpha value is -1.32. The van der Waals surface area contributed by atoms with Crippen molar-refractivity contribution in [2.24, 2.45) is 11.8 Å². The van der Waals surface area contributed by atoms with Crippen LogP contribution in [0.4, 0.5) is 0 Å². The topological polar surface area (TPSA) is 52.6 Å². The fraction of sp³-hybridized carbons (Fsp3) is 0.765. The first kappa shape index (κ1) is 16.1. The Morgan fingerprint density at radius 1 is 0.905 bits per heavy atom. The van der Waals surface area contributed by atoms with Gasteiger partial charge in [0.05, 0.1) is 0 Å². The molecular weight excluding hydrogens is 268 g/mol. The van der Waals surface area contributed by atoms with Gasteiger partial charge in [0, 0.05) is 12.2 Å². The molecule has 4 heteroatoms. The van der Waals surface area contributed by atoms with Crippen LogP contribution < -0.4 is 0 Å². The second kappa shape index (κ2) is 7.62. The van der Waals surface area contributed by atoms with E-state index in [1.165, 1.54) is 18.6 Å². The third kappa shape index (κ3) is 6.32. The highest BCUT2D eigenvalue weighted by molar-refractivity contribution is 5.91. The first-order valence-corrected chi connectivity index (χ1v) is 8.12. The van der Waals surface area contributed by atoms with Gasteiger partial charge in [-0.1, -0.05) is 13.8 Å². The minimum absolute atomic E-state index is 0.00464. The molecule has 0 saturated heterocycles. The molecule has 0 N–H and O–H groups in total. The molecule has 0 aliphatic heterocycles. The van der Waals surface area contributed by atoms with Crippen molar-refractivity contribution in [3.05, 3.63) is 12.2 Å². The first-order chi connectivity index (χ1) is 10.0. The highest BCUT2D eigenvalue weighted by Crippen LogP contribution is 2.30. The first-order valence-electron chi connectivity index (χ1n) is 8.12. The second-order valence-electron chi connectivity index (χ2n) is 6.68. The molecular formula is C17H26O4. The molecule has 21 heavy (non-hydrogen) atoms. The molecule has 0 heterocycles. The summed E-state index contributed by atoms with van der Waals surface area (Å²) in [5.41, 5.74) is 0. The largest absolute Gasteiger partial charge is 0.459 e. The summed E-state index contributed by atoms with van der Waals surface area (Å²) >= 11 is 0. The third-order valence-electron chi connectivity index (χ3n) is 4.04. The minimum Gasteiger partial charge on any atom is -0.459 e. The summed E-state index contributed by atoms with van der Waals surface area (Å²) in [5, 5.41) is 0. The standard InChI is InChI=1S/C17H26O4/c1-12(2)11-13-3-5-14(6-4-13)20-16(18)9-10-17(19)21-15-7-8-15/h9-10,12-15H,3-8,11H2,1-2H3/b10-9+. The van der Waals surface area contributed by atoms with Gasteiger partial charge < -0.3 is 9.47 Å². The zero-order valence-corrected chi connectivity index (χ0v) is 13.0. The van der Waals surface area contributed by atoms with Crippen molar-refractivity contribution in [1.29, 1.82) is 0 Å². The quantitative estimate of drug-likeness (QED) is 0.556. The number of ether oxygens (including phenoxy) is 2. The van der Waals surface area contributed by atoms with Gasteiger partial charge in [0.25, 0.3) is 0 Å². The highest BCUT2D eigenvalue weighted by Gasteiger charge is 2.25. The van der Waals surface area contributed by atoms with Gasteiger partial charge in [-0.3, -0.25) is 0 Å². The van der Waals surface area contributed by atoms with Crippen LogP contribution in [0.15, 0.2) is 12.2 Å². The molecule has 2 fully saturated rings. The van der Waals surface area contributed by atoms with Crippen molar-refractivity contribution in [3.63, 3.8) is 0 Å². The van der Waals surface area contributed by atoms with Gasteiger partial charge in [0.2, 0.25) is 0 Å². The summed E-state index contributed by atoms with van der Waals surface area (Å²) in [6.45, 7) is 4.50. The van der Waals surface area contributed by atoms with E-state index in [1.807, 2.05) is 0 Å². The lowest BCUT2D eigenvalue weighted by Crippen LogP contribution is -2.24. The summed E-state index contributed by atoms with van der Waals surface area (Å²) in [5.74, 6) is 0.615. The predicted octanol–water partition coefficient (Wildman–Crippen LogP) is 3.40. The normalized spacial score (nSPS) is 26.0. The average molecular weight is 294 g/mol. The number of hydrogen-bond acceptors (Lipinski definition) is 4. The third-order valence-corrected chi connectivity index (χ3v) is 4.04. The predicted molar refractivity (Wildman–Crippen MR) is 79.5 cm³/mol. The van der Waals surface area contributed by atoms with E-state index in [0.717, 1.165) is 50.4 Å². The lowest BCUT2D eigenvalue weighted by Gasteiger charge is -2.28. The van der Waals surface area contributed by atoms with Gasteiger partial charge in [-0.25, -0.2) is 9.59 Å². The Balaban J connectivity index is 1.64. The minimum atomic E-state index is -0.449. The molecule has 0 bridgehead atoms. The van der Waals surface area contributed by atoms with E-state index in [2.05, 4.69) is 13.8 Å². The van der Waals surface area contributed by atoms with E-state index in [-0.39, 0.29) is 12.2 Å². The highest BCUT2D eigenvalue weighted by atomic mass is 16.6. The Morgan fingerprint density at radius 2 is 1.33 bits per heavy atom. The molecule has 0 amide bonds. The molecule has 2 saturated carbocycles. The van der Waals surface area contributed by atoms with Crippen molar-refractivity contribution in [3.8, 4) is 0 Å². The van der Waals surface area contributed by atoms with Crippen molar-refractivity contribution in [1.82, 2.24) is 0 Å². The maximum Gasteiger partial charge on any atom is 0.331 e. The van der Waals surface area contributed by atoms with Gasteiger partial charge in [-0.2, -0.15) is 0 Å². The number of hydrogen-bond donors (Lipinski definition) is 0. The molecule has 0 unspecified atom stereocenters. The molecule has 0 spiro atoms. The van der Waals surface area contributed by atoms with Crippen molar-refractivity contribution >= 4 is 11.9 Å². The average Bonchev–Trinajstić information content (AvgIpc) is 3.22. The maximum atomic E-state index is 11.7. The summed E-state index contributed by atoms with van der Waals surface area (Å²) in [7, 11) is 0. The molecule has 0 aromatic heterocycles. The summed E-state index contributed by atoms with van der Waals surface area (Å²) in [4.78, 5) is 23.0. The Kier molecular flexibility index (Phi) is 5.83. The van der Waals surface area contributed by atoms with Crippen LogP contribution >= 0.6 is 0 Å². The van der Waals surface area contributed by atoms with Crippen LogP contribution in [0.5, 0.6) is 0 Å². The molecule has 2 aliphatic rings. The van der Waals surface area contributed by atoms with E-state index in [9.17, 15) is 9.59 Å². The fourth-order valence-electron chi connectivity index (χ4n) is 2.88. The van der Waals surface area contributed by atoms with Crippen molar-refractivity contribution in [2.75, 3.05) is 0 Å². The van der Waals surface area contributed by atoms with Gasteiger partial charge in [0.15, 0.2) is 0 Å². The van der Waals surface area contributed by atoms with Gasteiger partial charge in [-0.05, 0) is 56.8 Å². The van der Waals surface area contributed by atoms with E-state index < -0.39 is 11.9 Å². The number of esters is 2. The monoisotopic (exact) mass is 294 g/mol. The van der Waals surface area contributed by atoms with Crippen molar-refractivity contribution < 1.29 is 19.1 Å². The number of rotatable bonds is 6. The lowest BCUT2D eigenvalue weighted by molar-refractivity contribution is -0.146. The molecule has 0 radical (unpaired) electrons. The lowest BCUT2D eigenvalue weighted by atomic mass is 9.82. The van der Waals surface area contributed by atoms with Gasteiger partial charge in [-0.15, -0.1) is 0 Å². The van der Waals surface area contributed by atoms with Crippen LogP contribution in [0.25, 0.3) is 0 Å². The zero-order valence-electron chi connectivity index (χ0n) is 13.0. The smallest absolute Gasteiger partial charge is 0.331 e. The SMILES string of the molecule is CC(C)CC1CCC(OC(=O)/C=C/C(=O)OC2CC2)CC1. The molecule has 2 aliphatic carbocycles. The number of carbonyl (C=O) groups excluding carboxylic acids is 2. The molecule has 0 atom stereocenters. The van der Waals surface area contributed by atoms with Crippen LogP contribution in [0, 0.1) is 11.8 Å². The fourth-order valence-corrected chi connectivity index (χ4v) is 2.88. The van der Waals surface area contributed by atoms with Crippen LogP contribution in [0.2, 0.25) is 0 Å². The van der Waals surface area contributed by atoms with E-state index in [0.29, 0.717) is 0 Å². The van der Waals surface area contributed by atoms with Crippen LogP contribution in [-0.4, -0.2) is 24.1 Å². The van der Waals surface area contributed by atoms with Crippen molar-refractivity contribution in [2.45, 2.75) is 71.0 Å². The number of carbonyl (C=O) groups is 2. The summed E-state index contributed by atoms with van der Waals surface area (Å²) in [6.07, 6.45) is 9.68. The summed E-state index contributed by atoms with van der Waals surface area (Å²) in [6, 6.07) is 0. The molecule has 0 aromatic rings. The van der Waals surface area contributed by atoms with E-state index in [1.54, 1.807) is 0 Å². The molecule has 4 nitrogen and oxygen atoms in total. The van der Waals surface area contributed by atoms with Crippen LogP contribution in [0.3, 0.4) is 0 Å².